The van der Waals surface area contributed by atoms with Gasteiger partial charge in [-0.05, 0) is 55.5 Å². The van der Waals surface area contributed by atoms with Crippen LogP contribution in [0.3, 0.4) is 0 Å². The zero-order valence-electron chi connectivity index (χ0n) is 17.4. The minimum atomic E-state index is -0.643. The van der Waals surface area contributed by atoms with Crippen LogP contribution >= 0.6 is 0 Å². The second-order valence-electron chi connectivity index (χ2n) is 6.80. The molecule has 32 heavy (non-hydrogen) atoms. The maximum absolute atomic E-state index is 12.7. The van der Waals surface area contributed by atoms with Crippen molar-refractivity contribution in [3.63, 3.8) is 0 Å². The molecular formula is C23H20N2O7. The Kier molecular flexibility index (Phi) is 5.80. The summed E-state index contributed by atoms with van der Waals surface area (Å²) in [6.07, 6.45) is 1.46. The second kappa shape index (κ2) is 8.84. The summed E-state index contributed by atoms with van der Waals surface area (Å²) in [4.78, 5) is 37.4. The molecule has 3 heterocycles. The number of esters is 1. The SMILES string of the molecule is CCOc1ccc(-c2ccc(C=C3NC(=O)N(Cc4ccc(C(=O)OC)o4)C3=O)o2)cc1. The number of nitrogens with one attached hydrogen (secondary N) is 1. The summed E-state index contributed by atoms with van der Waals surface area (Å²) in [5, 5.41) is 2.52. The molecule has 0 bridgehead atoms. The Morgan fingerprint density at radius 3 is 2.56 bits per heavy atom. The first-order chi connectivity index (χ1) is 15.5. The van der Waals surface area contributed by atoms with Crippen LogP contribution in [0.4, 0.5) is 4.79 Å². The molecule has 1 N–H and O–H groups in total. The van der Waals surface area contributed by atoms with Gasteiger partial charge in [0.1, 0.15) is 28.7 Å². The Hall–Kier alpha value is -4.27. The summed E-state index contributed by atoms with van der Waals surface area (Å²) in [5.41, 5.74) is 0.920. The third-order valence-electron chi connectivity index (χ3n) is 4.69. The Bertz CT molecular complexity index is 1190. The molecule has 164 valence electrons. The molecule has 0 aliphatic carbocycles. The van der Waals surface area contributed by atoms with E-state index in [0.29, 0.717) is 18.1 Å². The lowest BCUT2D eigenvalue weighted by molar-refractivity contribution is -0.123. The zero-order chi connectivity index (χ0) is 22.7. The monoisotopic (exact) mass is 436 g/mol. The summed E-state index contributed by atoms with van der Waals surface area (Å²) in [6.45, 7) is 2.37. The van der Waals surface area contributed by atoms with Gasteiger partial charge >= 0.3 is 12.0 Å². The number of imide groups is 1. The number of amides is 3. The third-order valence-corrected chi connectivity index (χ3v) is 4.69. The number of ether oxygens (including phenoxy) is 2. The van der Waals surface area contributed by atoms with Gasteiger partial charge in [0.25, 0.3) is 5.91 Å². The number of rotatable bonds is 7. The summed E-state index contributed by atoms with van der Waals surface area (Å²) < 4.78 is 21.1. The minimum Gasteiger partial charge on any atom is -0.494 e. The van der Waals surface area contributed by atoms with Crippen molar-refractivity contribution in [1.82, 2.24) is 10.2 Å². The highest BCUT2D eigenvalue weighted by Gasteiger charge is 2.34. The van der Waals surface area contributed by atoms with Crippen molar-refractivity contribution >= 4 is 24.0 Å². The molecule has 9 nitrogen and oxygen atoms in total. The molecule has 3 aromatic rings. The fourth-order valence-corrected chi connectivity index (χ4v) is 3.15. The Balaban J connectivity index is 1.47. The van der Waals surface area contributed by atoms with Gasteiger partial charge in [0.2, 0.25) is 5.76 Å². The first-order valence-electron chi connectivity index (χ1n) is 9.83. The molecule has 1 fully saturated rings. The Labute approximate surface area is 183 Å². The lowest BCUT2D eigenvalue weighted by Crippen LogP contribution is -2.30. The zero-order valence-corrected chi connectivity index (χ0v) is 17.4. The van der Waals surface area contributed by atoms with Crippen molar-refractivity contribution < 1.29 is 32.7 Å². The predicted octanol–water partition coefficient (Wildman–Crippen LogP) is 3.82. The number of furan rings is 2. The van der Waals surface area contributed by atoms with Gasteiger partial charge in [-0.1, -0.05) is 0 Å². The number of carbonyl (C=O) groups is 3. The molecular weight excluding hydrogens is 416 g/mol. The fraction of sp³-hybridized carbons (Fsp3) is 0.174. The highest BCUT2D eigenvalue weighted by Crippen LogP contribution is 2.26. The van der Waals surface area contributed by atoms with Crippen molar-refractivity contribution in [2.75, 3.05) is 13.7 Å². The van der Waals surface area contributed by atoms with E-state index in [2.05, 4.69) is 10.1 Å². The van der Waals surface area contributed by atoms with E-state index in [1.54, 1.807) is 12.1 Å². The molecule has 4 rings (SSSR count). The minimum absolute atomic E-state index is 0.0114. The van der Waals surface area contributed by atoms with Crippen LogP contribution in [0.25, 0.3) is 17.4 Å². The highest BCUT2D eigenvalue weighted by atomic mass is 16.5. The summed E-state index contributed by atoms with van der Waals surface area (Å²) in [7, 11) is 1.23. The number of urea groups is 1. The Morgan fingerprint density at radius 1 is 1.06 bits per heavy atom. The molecule has 2 aromatic heterocycles. The van der Waals surface area contributed by atoms with Crippen LogP contribution < -0.4 is 10.1 Å². The molecule has 0 atom stereocenters. The van der Waals surface area contributed by atoms with E-state index in [0.717, 1.165) is 16.2 Å². The molecule has 0 radical (unpaired) electrons. The maximum atomic E-state index is 12.7. The van der Waals surface area contributed by atoms with Gasteiger partial charge in [0.15, 0.2) is 0 Å². The van der Waals surface area contributed by atoms with E-state index in [1.807, 2.05) is 31.2 Å². The predicted molar refractivity (Wildman–Crippen MR) is 112 cm³/mol. The molecule has 3 amide bonds. The molecule has 1 aliphatic heterocycles. The van der Waals surface area contributed by atoms with Crippen molar-refractivity contribution in [3.8, 4) is 17.1 Å². The van der Waals surface area contributed by atoms with Crippen LogP contribution in [-0.4, -0.2) is 36.5 Å². The number of methoxy groups -OCH3 is 1. The third kappa shape index (κ3) is 4.27. The van der Waals surface area contributed by atoms with Crippen LogP contribution in [0.5, 0.6) is 5.75 Å². The molecule has 1 aromatic carbocycles. The van der Waals surface area contributed by atoms with Crippen LogP contribution in [0.1, 0.15) is 29.0 Å². The highest BCUT2D eigenvalue weighted by molar-refractivity contribution is 6.13. The summed E-state index contributed by atoms with van der Waals surface area (Å²) >= 11 is 0. The van der Waals surface area contributed by atoms with Crippen molar-refractivity contribution in [1.29, 1.82) is 0 Å². The largest absolute Gasteiger partial charge is 0.494 e. The average molecular weight is 436 g/mol. The number of hydrogen-bond donors (Lipinski definition) is 1. The fourth-order valence-electron chi connectivity index (χ4n) is 3.15. The van der Waals surface area contributed by atoms with Crippen LogP contribution in [0.15, 0.2) is 63.1 Å². The quantitative estimate of drug-likeness (QED) is 0.340. The Morgan fingerprint density at radius 2 is 1.84 bits per heavy atom. The average Bonchev–Trinajstić information content (AvgIpc) is 3.51. The first-order valence-corrected chi connectivity index (χ1v) is 9.83. The lowest BCUT2D eigenvalue weighted by Gasteiger charge is -2.09. The number of benzene rings is 1. The normalized spacial score (nSPS) is 14.7. The maximum Gasteiger partial charge on any atom is 0.373 e. The summed E-state index contributed by atoms with van der Waals surface area (Å²) in [6, 6.07) is 13.2. The van der Waals surface area contributed by atoms with E-state index in [1.165, 1.54) is 25.3 Å². The lowest BCUT2D eigenvalue weighted by atomic mass is 10.2. The summed E-state index contributed by atoms with van der Waals surface area (Å²) in [5.74, 6) is 0.860. The van der Waals surface area contributed by atoms with Gasteiger partial charge in [-0.25, -0.2) is 9.59 Å². The first kappa shape index (κ1) is 21.0. The van der Waals surface area contributed by atoms with Gasteiger partial charge in [-0.3, -0.25) is 9.69 Å². The van der Waals surface area contributed by atoms with E-state index in [9.17, 15) is 14.4 Å². The molecule has 1 aliphatic rings. The van der Waals surface area contributed by atoms with Gasteiger partial charge in [0.05, 0.1) is 20.3 Å². The van der Waals surface area contributed by atoms with Crippen molar-refractivity contribution in [3.05, 3.63) is 71.5 Å². The standard InChI is InChI=1S/C23H20N2O7/c1-3-30-15-6-4-14(5-7-15)19-10-8-16(31-19)12-18-21(26)25(23(28)24-18)13-17-9-11-20(32-17)22(27)29-2/h4-12H,3,13H2,1-2H3,(H,24,28). The number of hydrogen-bond acceptors (Lipinski definition) is 7. The van der Waals surface area contributed by atoms with Crippen molar-refractivity contribution in [2.24, 2.45) is 0 Å². The van der Waals surface area contributed by atoms with E-state index in [-0.39, 0.29) is 23.8 Å². The molecule has 9 heteroatoms. The molecule has 0 spiro atoms. The van der Waals surface area contributed by atoms with Crippen molar-refractivity contribution in [2.45, 2.75) is 13.5 Å². The molecule has 0 saturated carbocycles. The van der Waals surface area contributed by atoms with E-state index >= 15 is 0 Å². The van der Waals surface area contributed by atoms with Gasteiger partial charge < -0.3 is 23.6 Å². The molecule has 1 saturated heterocycles. The number of nitrogens with zero attached hydrogens (tertiary/aromatic N) is 1. The van der Waals surface area contributed by atoms with E-state index < -0.39 is 17.9 Å². The van der Waals surface area contributed by atoms with Gasteiger partial charge in [-0.2, -0.15) is 0 Å². The second-order valence-corrected chi connectivity index (χ2v) is 6.80. The van der Waals surface area contributed by atoms with Gasteiger partial charge in [0, 0.05) is 11.6 Å². The van der Waals surface area contributed by atoms with Crippen LogP contribution in [0, 0.1) is 0 Å². The van der Waals surface area contributed by atoms with Crippen LogP contribution in [0.2, 0.25) is 0 Å². The van der Waals surface area contributed by atoms with Crippen LogP contribution in [-0.2, 0) is 16.1 Å². The number of carbonyl (C=O) groups excluding carboxylic acids is 3. The van der Waals surface area contributed by atoms with E-state index in [4.69, 9.17) is 13.6 Å². The topological polar surface area (TPSA) is 111 Å². The van der Waals surface area contributed by atoms with Gasteiger partial charge in [-0.15, -0.1) is 0 Å². The molecule has 0 unspecified atom stereocenters. The smallest absolute Gasteiger partial charge is 0.373 e.